The quantitative estimate of drug-likeness (QED) is 0.164. The van der Waals surface area contributed by atoms with E-state index in [4.69, 9.17) is 9.47 Å². The molecule has 0 aromatic carbocycles. The van der Waals surface area contributed by atoms with Gasteiger partial charge in [-0.15, -0.1) is 23.1 Å². The number of carbonyl (C=O) groups is 6. The smallest absolute Gasteiger partial charge is 0.333 e. The van der Waals surface area contributed by atoms with E-state index in [-0.39, 0.29) is 6.42 Å². The first kappa shape index (κ1) is 29.3. The second kappa shape index (κ2) is 9.69. The number of β-lactam (4-membered cyclic amide) rings is 2. The molecule has 6 atom stereocenters. The van der Waals surface area contributed by atoms with Crippen molar-refractivity contribution in [3.63, 3.8) is 0 Å². The van der Waals surface area contributed by atoms with Crippen molar-refractivity contribution >= 4 is 68.6 Å². The Morgan fingerprint density at radius 2 is 1.73 bits per heavy atom. The van der Waals surface area contributed by atoms with Gasteiger partial charge in [0.25, 0.3) is 0 Å². The van der Waals surface area contributed by atoms with Crippen LogP contribution in [0.15, 0.2) is 17.5 Å². The number of carbonyl (C=O) groups excluding carboxylic acids is 5. The van der Waals surface area contributed by atoms with Crippen molar-refractivity contribution in [1.29, 1.82) is 0 Å². The number of rotatable bonds is 8. The first-order valence-electron chi connectivity index (χ1n) is 12.5. The summed E-state index contributed by atoms with van der Waals surface area (Å²) in [5, 5.41) is 11.9. The van der Waals surface area contributed by atoms with E-state index in [9.17, 15) is 42.3 Å². The van der Waals surface area contributed by atoms with Gasteiger partial charge in [-0.05, 0) is 39.1 Å². The lowest BCUT2D eigenvalue weighted by Gasteiger charge is -2.44. The maximum absolute atomic E-state index is 13.0. The number of nitrogens with one attached hydrogen (secondary N) is 1. The molecule has 5 rings (SSSR count). The molecule has 0 bridgehead atoms. The second-order valence-corrected chi connectivity index (χ2v) is 16.5. The van der Waals surface area contributed by atoms with Crippen LogP contribution in [-0.2, 0) is 48.1 Å². The molecular weight excluding hydrogens is 602 g/mol. The fourth-order valence-electron chi connectivity index (χ4n) is 5.69. The topological polar surface area (TPSA) is 194 Å². The normalized spacial score (nSPS) is 30.8. The average molecular weight is 630 g/mol. The van der Waals surface area contributed by atoms with E-state index in [2.05, 4.69) is 5.32 Å². The summed E-state index contributed by atoms with van der Waals surface area (Å²) < 4.78 is 33.1. The van der Waals surface area contributed by atoms with Gasteiger partial charge < -0.3 is 29.7 Å². The van der Waals surface area contributed by atoms with Crippen LogP contribution in [0.1, 0.15) is 44.9 Å². The number of carboxylic acids is 1. The van der Waals surface area contributed by atoms with E-state index in [1.165, 1.54) is 36.6 Å². The number of ether oxygens (including phenoxy) is 2. The first-order chi connectivity index (χ1) is 19.0. The van der Waals surface area contributed by atoms with Crippen LogP contribution in [-0.4, -0.2) is 104 Å². The number of hydrogen-bond acceptors (Lipinski definition) is 12. The van der Waals surface area contributed by atoms with Crippen molar-refractivity contribution in [2.24, 2.45) is 0 Å². The highest BCUT2D eigenvalue weighted by Gasteiger charge is 2.68. The monoisotopic (exact) mass is 629 g/mol. The van der Waals surface area contributed by atoms with Crippen LogP contribution < -0.4 is 5.32 Å². The van der Waals surface area contributed by atoms with E-state index in [0.29, 0.717) is 4.88 Å². The lowest BCUT2D eigenvalue weighted by molar-refractivity contribution is -0.181. The predicted molar refractivity (Wildman–Crippen MR) is 142 cm³/mol. The molecule has 4 aliphatic rings. The van der Waals surface area contributed by atoms with Crippen LogP contribution >= 0.6 is 23.1 Å². The van der Waals surface area contributed by atoms with Gasteiger partial charge in [0.05, 0.1) is 11.2 Å². The summed E-state index contributed by atoms with van der Waals surface area (Å²) in [6.07, 6.45) is -0.212. The van der Waals surface area contributed by atoms with Crippen molar-refractivity contribution in [3.8, 4) is 0 Å². The minimum absolute atomic E-state index is 0.212. The third-order valence-corrected chi connectivity index (χ3v) is 13.2. The molecule has 4 aliphatic heterocycles. The molecule has 0 spiro atoms. The second-order valence-electron chi connectivity index (χ2n) is 11.1. The third-order valence-electron chi connectivity index (χ3n) is 7.90. The Kier molecular flexibility index (Phi) is 6.93. The highest BCUT2D eigenvalue weighted by Crippen LogP contribution is 2.51. The minimum Gasteiger partial charge on any atom is -0.480 e. The first-order valence-corrected chi connectivity index (χ1v) is 15.8. The van der Waals surface area contributed by atoms with Crippen molar-refractivity contribution in [2.75, 3.05) is 6.79 Å². The molecule has 3 amide bonds. The molecule has 0 saturated carbocycles. The van der Waals surface area contributed by atoms with E-state index < -0.39 is 96.5 Å². The molecule has 4 fully saturated rings. The summed E-state index contributed by atoms with van der Waals surface area (Å²) in [7, 11) is -3.82. The predicted octanol–water partition coefficient (Wildman–Crippen LogP) is -0.359. The van der Waals surface area contributed by atoms with Gasteiger partial charge in [-0.25, -0.2) is 18.0 Å². The van der Waals surface area contributed by atoms with Gasteiger partial charge in [-0.1, -0.05) is 6.07 Å². The molecule has 1 aromatic heterocycles. The Bertz CT molecular complexity index is 1460. The van der Waals surface area contributed by atoms with Gasteiger partial charge in [0.1, 0.15) is 28.9 Å². The molecule has 1 aromatic rings. The molecule has 0 radical (unpaired) electrons. The Labute approximate surface area is 242 Å². The number of thioether (sulfide) groups is 1. The number of aliphatic carboxylic acids is 1. The van der Waals surface area contributed by atoms with Crippen molar-refractivity contribution < 1.29 is 51.8 Å². The zero-order valence-electron chi connectivity index (χ0n) is 22.3. The zero-order valence-corrected chi connectivity index (χ0v) is 24.7. The Balaban J connectivity index is 1.21. The molecule has 4 saturated heterocycles. The van der Waals surface area contributed by atoms with Gasteiger partial charge in [-0.3, -0.25) is 19.2 Å². The highest BCUT2D eigenvalue weighted by molar-refractivity contribution is 8.01. The number of carboxylic acid groups (broad SMARTS) is 1. The number of fused-ring (bicyclic) bond motifs is 2. The van der Waals surface area contributed by atoms with Gasteiger partial charge in [0.15, 0.2) is 15.8 Å². The van der Waals surface area contributed by atoms with Crippen LogP contribution in [0.3, 0.4) is 0 Å². The van der Waals surface area contributed by atoms with Crippen LogP contribution in [0, 0.1) is 0 Å². The van der Waals surface area contributed by atoms with Gasteiger partial charge >= 0.3 is 17.9 Å². The van der Waals surface area contributed by atoms with Crippen LogP contribution in [0.4, 0.5) is 0 Å². The maximum Gasteiger partial charge on any atom is 0.333 e. The standard InChI is InChI=1S/C24H27N3O11S3/c1-23(2)15(21(33)37-9-38-22(34)16-24(3,4)41(35,36)12-8-11(28)26(12)16)27-18(30)14(19(27)40-23)25-17(29)13(20(31)32)10-6-5-7-39-10/h5-7,12-16,19H,8-9H2,1-4H3,(H,25,29)(H,31,32)/t12-,13?,14-,15+,16+,19-/m1/s1. The average Bonchev–Trinajstić information content (AvgIpc) is 3.50. The molecule has 222 valence electrons. The molecule has 5 heterocycles. The van der Waals surface area contributed by atoms with Crippen molar-refractivity contribution in [3.05, 3.63) is 22.4 Å². The SMILES string of the molecule is CC1(C)S[C@@H]2[C@H](NC(=O)C(C(=O)O)c3cccs3)C(=O)N2[C@H]1C(=O)OCOC(=O)[C@@H]1N2C(=O)C[C@H]2S(=O)(=O)C1(C)C. The summed E-state index contributed by atoms with van der Waals surface area (Å²) in [5.74, 6) is -6.74. The number of amides is 3. The zero-order chi connectivity index (χ0) is 30.2. The van der Waals surface area contributed by atoms with Crippen molar-refractivity contribution in [2.45, 2.75) is 78.4 Å². The van der Waals surface area contributed by atoms with Crippen LogP contribution in [0.5, 0.6) is 0 Å². The van der Waals surface area contributed by atoms with Crippen LogP contribution in [0.25, 0.3) is 0 Å². The van der Waals surface area contributed by atoms with Gasteiger partial charge in [0.2, 0.25) is 24.5 Å². The van der Waals surface area contributed by atoms with E-state index in [1.807, 2.05) is 0 Å². The number of thiophene rings is 1. The number of esters is 2. The lowest BCUT2D eigenvalue weighted by Crippen LogP contribution is -2.71. The molecule has 2 N–H and O–H groups in total. The van der Waals surface area contributed by atoms with Crippen LogP contribution in [0.2, 0.25) is 0 Å². The molecule has 0 aliphatic carbocycles. The van der Waals surface area contributed by atoms with E-state index in [1.54, 1.807) is 25.3 Å². The summed E-state index contributed by atoms with van der Waals surface area (Å²) in [5.41, 5.74) is 0. The minimum atomic E-state index is -3.82. The maximum atomic E-state index is 13.0. The Hall–Kier alpha value is -3.18. The fraction of sp³-hybridized carbons (Fsp3) is 0.583. The van der Waals surface area contributed by atoms with Gasteiger partial charge in [-0.2, -0.15) is 0 Å². The summed E-state index contributed by atoms with van der Waals surface area (Å²) in [6.45, 7) is 5.16. The lowest BCUT2D eigenvalue weighted by atomic mass is 9.95. The van der Waals surface area contributed by atoms with Crippen molar-refractivity contribution in [1.82, 2.24) is 15.1 Å². The number of hydrogen-bond donors (Lipinski definition) is 2. The molecule has 1 unspecified atom stereocenters. The molecule has 41 heavy (non-hydrogen) atoms. The van der Waals surface area contributed by atoms with Gasteiger partial charge in [0, 0.05) is 9.62 Å². The number of sulfone groups is 1. The molecule has 14 nitrogen and oxygen atoms in total. The van der Waals surface area contributed by atoms with E-state index >= 15 is 0 Å². The fourth-order valence-corrected chi connectivity index (χ4v) is 10.3. The Morgan fingerprint density at radius 3 is 2.29 bits per heavy atom. The summed E-state index contributed by atoms with van der Waals surface area (Å²) in [4.78, 5) is 77.9. The largest absolute Gasteiger partial charge is 0.480 e. The number of nitrogens with zero attached hydrogens (tertiary/aromatic N) is 2. The molecular formula is C24H27N3O11S3. The van der Waals surface area contributed by atoms with E-state index in [0.717, 1.165) is 16.2 Å². The third kappa shape index (κ3) is 4.31. The summed E-state index contributed by atoms with van der Waals surface area (Å²) >= 11 is 2.32. The summed E-state index contributed by atoms with van der Waals surface area (Å²) in [6, 6.07) is -0.450. The Morgan fingerprint density at radius 1 is 1.10 bits per heavy atom. The highest BCUT2D eigenvalue weighted by atomic mass is 32.2. The molecule has 17 heteroatoms.